The zero-order chi connectivity index (χ0) is 17.6. The minimum atomic E-state index is -0.125. The first-order chi connectivity index (χ1) is 12.2. The van der Waals surface area contributed by atoms with Crippen LogP contribution in [0.4, 0.5) is 5.69 Å². The molecular formula is C21H23NO3. The Kier molecular flexibility index (Phi) is 5.39. The van der Waals surface area contributed by atoms with Crippen molar-refractivity contribution in [3.63, 3.8) is 0 Å². The lowest BCUT2D eigenvalue weighted by atomic mass is 10.1. The van der Waals surface area contributed by atoms with Crippen LogP contribution in [0.15, 0.2) is 36.4 Å². The van der Waals surface area contributed by atoms with Gasteiger partial charge in [-0.25, -0.2) is 0 Å². The highest BCUT2D eigenvalue weighted by Crippen LogP contribution is 2.31. The van der Waals surface area contributed by atoms with E-state index < -0.39 is 0 Å². The molecule has 130 valence electrons. The van der Waals surface area contributed by atoms with E-state index >= 15 is 0 Å². The monoisotopic (exact) mass is 337 g/mol. The first-order valence-corrected chi connectivity index (χ1v) is 8.60. The largest absolute Gasteiger partial charge is 0.504 e. The van der Waals surface area contributed by atoms with Gasteiger partial charge in [-0.3, -0.25) is 4.79 Å². The number of anilines is 1. The van der Waals surface area contributed by atoms with Crippen molar-refractivity contribution in [3.8, 4) is 11.5 Å². The molecule has 2 aromatic carbocycles. The summed E-state index contributed by atoms with van der Waals surface area (Å²) in [5.74, 6) is 0.172. The van der Waals surface area contributed by atoms with Gasteiger partial charge in [0.1, 0.15) is 0 Å². The number of methoxy groups -OCH3 is 1. The predicted molar refractivity (Wildman–Crippen MR) is 101 cm³/mol. The van der Waals surface area contributed by atoms with Gasteiger partial charge in [-0.2, -0.15) is 0 Å². The fourth-order valence-corrected chi connectivity index (χ4v) is 3.13. The maximum Gasteiger partial charge on any atom is 0.168 e. The molecule has 3 rings (SSSR count). The van der Waals surface area contributed by atoms with Crippen LogP contribution in [0.25, 0.3) is 12.2 Å². The fourth-order valence-electron chi connectivity index (χ4n) is 3.13. The van der Waals surface area contributed by atoms with Crippen molar-refractivity contribution in [2.75, 3.05) is 25.1 Å². The molecule has 0 atom stereocenters. The summed E-state index contributed by atoms with van der Waals surface area (Å²) in [6, 6.07) is 11.8. The van der Waals surface area contributed by atoms with E-state index in [2.05, 4.69) is 29.2 Å². The average molecular weight is 337 g/mol. The van der Waals surface area contributed by atoms with Crippen molar-refractivity contribution < 1.29 is 14.6 Å². The molecule has 0 bridgehead atoms. The number of nitrogens with zero attached hydrogens (tertiary/aromatic N) is 1. The van der Waals surface area contributed by atoms with E-state index in [1.807, 2.05) is 12.2 Å². The van der Waals surface area contributed by atoms with E-state index in [9.17, 15) is 9.90 Å². The Bertz CT molecular complexity index is 759. The molecule has 2 aromatic rings. The van der Waals surface area contributed by atoms with Crippen molar-refractivity contribution in [2.24, 2.45) is 0 Å². The molecule has 1 saturated heterocycles. The molecule has 0 spiro atoms. The zero-order valence-corrected chi connectivity index (χ0v) is 14.4. The molecule has 0 aliphatic carbocycles. The average Bonchev–Trinajstić information content (AvgIpc) is 2.68. The number of benzene rings is 2. The maximum absolute atomic E-state index is 11.1. The Morgan fingerprint density at radius 1 is 1.00 bits per heavy atom. The summed E-state index contributed by atoms with van der Waals surface area (Å²) in [4.78, 5) is 13.5. The molecule has 0 unspecified atom stereocenters. The molecule has 4 heteroatoms. The predicted octanol–water partition coefficient (Wildman–Crippen LogP) is 4.37. The van der Waals surface area contributed by atoms with Crippen molar-refractivity contribution in [3.05, 3.63) is 53.1 Å². The summed E-state index contributed by atoms with van der Waals surface area (Å²) in [5, 5.41) is 9.87. The Morgan fingerprint density at radius 2 is 1.68 bits per heavy atom. The number of ether oxygens (including phenoxy) is 1. The molecule has 0 amide bonds. The second kappa shape index (κ2) is 7.88. The Hall–Kier alpha value is -2.75. The van der Waals surface area contributed by atoms with Crippen LogP contribution in [0.1, 0.15) is 40.7 Å². The summed E-state index contributed by atoms with van der Waals surface area (Å²) in [7, 11) is 1.47. The zero-order valence-electron chi connectivity index (χ0n) is 14.4. The normalized spacial score (nSPS) is 14.7. The van der Waals surface area contributed by atoms with Crippen molar-refractivity contribution in [1.82, 2.24) is 0 Å². The summed E-state index contributed by atoms with van der Waals surface area (Å²) in [6.07, 6.45) is 8.39. The van der Waals surface area contributed by atoms with Gasteiger partial charge in [0.25, 0.3) is 0 Å². The van der Waals surface area contributed by atoms with Crippen LogP contribution in [0.3, 0.4) is 0 Å². The van der Waals surface area contributed by atoms with Gasteiger partial charge in [-0.15, -0.1) is 0 Å². The topological polar surface area (TPSA) is 49.8 Å². The number of hydrogen-bond donors (Lipinski definition) is 1. The second-order valence-corrected chi connectivity index (χ2v) is 6.25. The molecule has 0 aromatic heterocycles. The van der Waals surface area contributed by atoms with Crippen LogP contribution >= 0.6 is 0 Å². The number of piperidine rings is 1. The van der Waals surface area contributed by atoms with Crippen LogP contribution in [-0.4, -0.2) is 31.6 Å². The molecule has 1 N–H and O–H groups in total. The molecule has 1 fully saturated rings. The minimum absolute atomic E-state index is 0.125. The molecule has 0 saturated carbocycles. The molecule has 0 radical (unpaired) electrons. The van der Waals surface area contributed by atoms with Crippen LogP contribution in [0.5, 0.6) is 11.5 Å². The van der Waals surface area contributed by atoms with Gasteiger partial charge in [0.15, 0.2) is 17.8 Å². The van der Waals surface area contributed by atoms with Crippen LogP contribution in [-0.2, 0) is 0 Å². The number of carbonyl (C=O) groups excluding carboxylic acids is 1. The SMILES string of the molecule is COc1cc(/C=C/c2ccc(N3CCCCC3)cc2)cc(C=O)c1O. The quantitative estimate of drug-likeness (QED) is 0.650. The number of aldehydes is 1. The standard InChI is InChI=1S/C21H23NO3/c1-25-20-14-17(13-18(15-23)21(20)24)6-5-16-7-9-19(10-8-16)22-11-3-2-4-12-22/h5-10,13-15,24H,2-4,11-12H2,1H3/b6-5+. The van der Waals surface area contributed by atoms with Gasteiger partial charge >= 0.3 is 0 Å². The lowest BCUT2D eigenvalue weighted by Crippen LogP contribution is -2.29. The lowest BCUT2D eigenvalue weighted by molar-refractivity contribution is 0.112. The van der Waals surface area contributed by atoms with E-state index in [1.165, 1.54) is 32.1 Å². The summed E-state index contributed by atoms with van der Waals surface area (Å²) < 4.78 is 5.11. The maximum atomic E-state index is 11.1. The number of carbonyl (C=O) groups is 1. The van der Waals surface area contributed by atoms with E-state index in [1.54, 1.807) is 12.1 Å². The number of phenols is 1. The van der Waals surface area contributed by atoms with Gasteiger partial charge < -0.3 is 14.7 Å². The summed E-state index contributed by atoms with van der Waals surface area (Å²) >= 11 is 0. The number of aromatic hydroxyl groups is 1. The first kappa shape index (κ1) is 17.1. The Labute approximate surface area is 148 Å². The van der Waals surface area contributed by atoms with E-state index in [0.29, 0.717) is 12.0 Å². The van der Waals surface area contributed by atoms with Gasteiger partial charge in [0.2, 0.25) is 0 Å². The highest BCUT2D eigenvalue weighted by atomic mass is 16.5. The minimum Gasteiger partial charge on any atom is -0.504 e. The summed E-state index contributed by atoms with van der Waals surface area (Å²) in [5.41, 5.74) is 3.38. The van der Waals surface area contributed by atoms with Crippen LogP contribution in [0.2, 0.25) is 0 Å². The molecule has 1 heterocycles. The third-order valence-electron chi connectivity index (χ3n) is 4.56. The van der Waals surface area contributed by atoms with Crippen LogP contribution < -0.4 is 9.64 Å². The third-order valence-corrected chi connectivity index (χ3v) is 4.56. The van der Waals surface area contributed by atoms with Crippen LogP contribution in [0, 0.1) is 0 Å². The van der Waals surface area contributed by atoms with Gasteiger partial charge in [0.05, 0.1) is 12.7 Å². The van der Waals surface area contributed by atoms with E-state index in [4.69, 9.17) is 4.74 Å². The van der Waals surface area contributed by atoms with Crippen molar-refractivity contribution in [2.45, 2.75) is 19.3 Å². The Morgan fingerprint density at radius 3 is 2.32 bits per heavy atom. The highest BCUT2D eigenvalue weighted by Gasteiger charge is 2.10. The molecule has 1 aliphatic rings. The van der Waals surface area contributed by atoms with Gasteiger partial charge in [-0.1, -0.05) is 24.3 Å². The van der Waals surface area contributed by atoms with E-state index in [0.717, 1.165) is 24.2 Å². The number of phenolic OH excluding ortho intramolecular Hbond substituents is 1. The fraction of sp³-hybridized carbons (Fsp3) is 0.286. The number of hydrogen-bond acceptors (Lipinski definition) is 4. The summed E-state index contributed by atoms with van der Waals surface area (Å²) in [6.45, 7) is 2.27. The molecule has 25 heavy (non-hydrogen) atoms. The van der Waals surface area contributed by atoms with Crippen molar-refractivity contribution >= 4 is 24.1 Å². The smallest absolute Gasteiger partial charge is 0.168 e. The molecule has 1 aliphatic heterocycles. The second-order valence-electron chi connectivity index (χ2n) is 6.25. The lowest BCUT2D eigenvalue weighted by Gasteiger charge is -2.28. The van der Waals surface area contributed by atoms with Gasteiger partial charge in [0, 0.05) is 18.8 Å². The van der Waals surface area contributed by atoms with Gasteiger partial charge in [-0.05, 0) is 54.7 Å². The number of rotatable bonds is 5. The first-order valence-electron chi connectivity index (χ1n) is 8.60. The van der Waals surface area contributed by atoms with Crippen molar-refractivity contribution in [1.29, 1.82) is 0 Å². The molecule has 4 nitrogen and oxygen atoms in total. The third kappa shape index (κ3) is 4.02. The highest BCUT2D eigenvalue weighted by molar-refractivity contribution is 5.84. The Balaban J connectivity index is 1.76. The molecular weight excluding hydrogens is 314 g/mol. The van der Waals surface area contributed by atoms with E-state index in [-0.39, 0.29) is 11.3 Å².